The minimum atomic E-state index is -0.0991. The van der Waals surface area contributed by atoms with Gasteiger partial charge in [0.15, 0.2) is 0 Å². The lowest BCUT2D eigenvalue weighted by Crippen LogP contribution is -2.29. The van der Waals surface area contributed by atoms with Crippen molar-refractivity contribution in [3.05, 3.63) is 0 Å². The smallest absolute Gasteiger partial charge is 0.229 e. The molecule has 0 aliphatic carbocycles. The van der Waals surface area contributed by atoms with Crippen molar-refractivity contribution < 1.29 is 9.59 Å². The van der Waals surface area contributed by atoms with Gasteiger partial charge in [-0.05, 0) is 6.42 Å². The summed E-state index contributed by atoms with van der Waals surface area (Å²) < 4.78 is 0. The number of hydrogen-bond acceptors (Lipinski definition) is 3. The Morgan fingerprint density at radius 2 is 1.92 bits per heavy atom. The van der Waals surface area contributed by atoms with E-state index in [4.69, 9.17) is 5.26 Å². The first-order valence-corrected chi connectivity index (χ1v) is 3.96. The van der Waals surface area contributed by atoms with Gasteiger partial charge in [0.1, 0.15) is 0 Å². The molecule has 0 radical (unpaired) electrons. The maximum Gasteiger partial charge on any atom is 0.229 e. The number of rotatable bonds is 3. The van der Waals surface area contributed by atoms with Gasteiger partial charge in [-0.15, -0.1) is 0 Å². The van der Waals surface area contributed by atoms with Crippen molar-refractivity contribution in [2.75, 3.05) is 6.54 Å². The molecule has 1 fully saturated rings. The third-order valence-corrected chi connectivity index (χ3v) is 1.83. The van der Waals surface area contributed by atoms with E-state index in [0.29, 0.717) is 32.2 Å². The molecule has 0 aromatic heterocycles. The molecule has 1 rings (SSSR count). The third kappa shape index (κ3) is 1.82. The van der Waals surface area contributed by atoms with E-state index < -0.39 is 0 Å². The molecular formula is C8H10N2O2. The molecule has 1 heterocycles. The summed E-state index contributed by atoms with van der Waals surface area (Å²) in [5.74, 6) is -0.198. The maximum atomic E-state index is 11.0. The van der Waals surface area contributed by atoms with Crippen molar-refractivity contribution in [3.8, 4) is 6.07 Å². The van der Waals surface area contributed by atoms with Gasteiger partial charge in [-0.3, -0.25) is 14.5 Å². The molecule has 0 saturated carbocycles. The van der Waals surface area contributed by atoms with Crippen LogP contribution in [-0.2, 0) is 9.59 Å². The van der Waals surface area contributed by atoms with Gasteiger partial charge >= 0.3 is 0 Å². The number of carbonyl (C=O) groups excluding carboxylic acids is 2. The quantitative estimate of drug-likeness (QED) is 0.451. The summed E-state index contributed by atoms with van der Waals surface area (Å²) >= 11 is 0. The van der Waals surface area contributed by atoms with E-state index in [0.717, 1.165) is 0 Å². The summed E-state index contributed by atoms with van der Waals surface area (Å²) in [4.78, 5) is 23.2. The molecule has 0 unspecified atom stereocenters. The van der Waals surface area contributed by atoms with Gasteiger partial charge < -0.3 is 0 Å². The number of unbranched alkanes of at least 4 members (excludes halogenated alkanes) is 1. The lowest BCUT2D eigenvalue weighted by Gasteiger charge is -2.11. The lowest BCUT2D eigenvalue weighted by atomic mass is 10.3. The minimum Gasteiger partial charge on any atom is -0.283 e. The van der Waals surface area contributed by atoms with Gasteiger partial charge in [-0.25, -0.2) is 0 Å². The summed E-state index contributed by atoms with van der Waals surface area (Å²) in [6, 6.07) is 1.97. The highest BCUT2D eigenvalue weighted by molar-refractivity contribution is 6.01. The summed E-state index contributed by atoms with van der Waals surface area (Å²) in [5, 5.41) is 8.23. The predicted octanol–water partition coefficient (Wildman–Crippen LogP) is 0.439. The average molecular weight is 166 g/mol. The third-order valence-electron chi connectivity index (χ3n) is 1.83. The van der Waals surface area contributed by atoms with E-state index >= 15 is 0 Å². The van der Waals surface area contributed by atoms with Gasteiger partial charge in [0.2, 0.25) is 11.8 Å². The van der Waals surface area contributed by atoms with E-state index in [-0.39, 0.29) is 11.8 Å². The van der Waals surface area contributed by atoms with Crippen LogP contribution in [0.1, 0.15) is 25.7 Å². The highest BCUT2D eigenvalue weighted by atomic mass is 16.2. The number of carbonyl (C=O) groups is 2. The summed E-state index contributed by atoms with van der Waals surface area (Å²) in [6.45, 7) is 0.408. The second-order valence-corrected chi connectivity index (χ2v) is 2.70. The Kier molecular flexibility index (Phi) is 2.81. The molecule has 4 heteroatoms. The SMILES string of the molecule is N#CCCCN1C(=O)CCC1=O. The average Bonchev–Trinajstić information content (AvgIpc) is 2.35. The molecule has 2 amide bonds. The van der Waals surface area contributed by atoms with E-state index in [1.165, 1.54) is 4.90 Å². The summed E-state index contributed by atoms with van der Waals surface area (Å²) in [7, 11) is 0. The highest BCUT2D eigenvalue weighted by Crippen LogP contribution is 2.11. The van der Waals surface area contributed by atoms with Gasteiger partial charge in [0.25, 0.3) is 0 Å². The minimum absolute atomic E-state index is 0.0991. The van der Waals surface area contributed by atoms with Crippen LogP contribution in [0.4, 0.5) is 0 Å². The molecule has 0 aromatic rings. The largest absolute Gasteiger partial charge is 0.283 e. The Morgan fingerprint density at radius 3 is 2.42 bits per heavy atom. The van der Waals surface area contributed by atoms with Crippen LogP contribution in [0, 0.1) is 11.3 Å². The first-order valence-electron chi connectivity index (χ1n) is 3.96. The molecule has 64 valence electrons. The molecule has 0 N–H and O–H groups in total. The van der Waals surface area contributed by atoms with Crippen LogP contribution in [0.5, 0.6) is 0 Å². The van der Waals surface area contributed by atoms with E-state index in [2.05, 4.69) is 0 Å². The first-order chi connectivity index (χ1) is 5.75. The Balaban J connectivity index is 2.36. The summed E-state index contributed by atoms with van der Waals surface area (Å²) in [5.41, 5.74) is 0. The van der Waals surface area contributed by atoms with Crippen LogP contribution in [0.2, 0.25) is 0 Å². The monoisotopic (exact) mass is 166 g/mol. The summed E-state index contributed by atoms with van der Waals surface area (Å²) in [6.07, 6.45) is 1.67. The molecule has 1 aliphatic heterocycles. The highest BCUT2D eigenvalue weighted by Gasteiger charge is 2.27. The Bertz CT molecular complexity index is 226. The molecule has 12 heavy (non-hydrogen) atoms. The molecule has 0 spiro atoms. The van der Waals surface area contributed by atoms with Crippen molar-refractivity contribution in [3.63, 3.8) is 0 Å². The predicted molar refractivity (Wildman–Crippen MR) is 40.8 cm³/mol. The standard InChI is InChI=1S/C8H10N2O2/c9-5-1-2-6-10-7(11)3-4-8(10)12/h1-4,6H2. The van der Waals surface area contributed by atoms with Crippen molar-refractivity contribution >= 4 is 11.8 Å². The number of likely N-dealkylation sites (tertiary alicyclic amines) is 1. The number of imide groups is 1. The molecule has 0 atom stereocenters. The van der Waals surface area contributed by atoms with Crippen LogP contribution >= 0.6 is 0 Å². The lowest BCUT2D eigenvalue weighted by molar-refractivity contribution is -0.138. The fourth-order valence-corrected chi connectivity index (χ4v) is 1.19. The maximum absolute atomic E-state index is 11.0. The van der Waals surface area contributed by atoms with E-state index in [1.807, 2.05) is 6.07 Å². The van der Waals surface area contributed by atoms with Crippen LogP contribution in [0.25, 0.3) is 0 Å². The van der Waals surface area contributed by atoms with Crippen molar-refractivity contribution in [1.82, 2.24) is 4.90 Å². The van der Waals surface area contributed by atoms with Crippen LogP contribution in [-0.4, -0.2) is 23.3 Å². The van der Waals surface area contributed by atoms with Gasteiger partial charge in [-0.2, -0.15) is 5.26 Å². The molecule has 1 saturated heterocycles. The second kappa shape index (κ2) is 3.86. The number of nitrogens with zero attached hydrogens (tertiary/aromatic N) is 2. The Hall–Kier alpha value is -1.37. The van der Waals surface area contributed by atoms with Crippen LogP contribution < -0.4 is 0 Å². The number of hydrogen-bond donors (Lipinski definition) is 0. The number of amides is 2. The van der Waals surface area contributed by atoms with E-state index in [1.54, 1.807) is 0 Å². The van der Waals surface area contributed by atoms with Crippen LogP contribution in [0.3, 0.4) is 0 Å². The molecule has 4 nitrogen and oxygen atoms in total. The molecular weight excluding hydrogens is 156 g/mol. The zero-order valence-electron chi connectivity index (χ0n) is 6.75. The van der Waals surface area contributed by atoms with Crippen molar-refractivity contribution in [2.45, 2.75) is 25.7 Å². The van der Waals surface area contributed by atoms with Gasteiger partial charge in [0.05, 0.1) is 6.07 Å². The molecule has 1 aliphatic rings. The topological polar surface area (TPSA) is 61.2 Å². The van der Waals surface area contributed by atoms with Gasteiger partial charge in [0, 0.05) is 25.8 Å². The molecule has 0 bridgehead atoms. The van der Waals surface area contributed by atoms with E-state index in [9.17, 15) is 9.59 Å². The Labute approximate surface area is 70.8 Å². The zero-order valence-corrected chi connectivity index (χ0v) is 6.75. The second-order valence-electron chi connectivity index (χ2n) is 2.70. The first kappa shape index (κ1) is 8.72. The van der Waals surface area contributed by atoms with Gasteiger partial charge in [-0.1, -0.05) is 0 Å². The van der Waals surface area contributed by atoms with Crippen molar-refractivity contribution in [1.29, 1.82) is 5.26 Å². The number of nitriles is 1. The van der Waals surface area contributed by atoms with Crippen LogP contribution in [0.15, 0.2) is 0 Å². The fraction of sp³-hybridized carbons (Fsp3) is 0.625. The Morgan fingerprint density at radius 1 is 1.33 bits per heavy atom. The zero-order chi connectivity index (χ0) is 8.97. The normalized spacial score (nSPS) is 16.8. The molecule has 0 aromatic carbocycles. The van der Waals surface area contributed by atoms with Crippen molar-refractivity contribution in [2.24, 2.45) is 0 Å². The fourth-order valence-electron chi connectivity index (χ4n) is 1.19.